The number of carboxylic acid groups (broad SMARTS) is 1. The van der Waals surface area contributed by atoms with Crippen molar-refractivity contribution in [2.24, 2.45) is 0 Å². The average molecular weight is 932 g/mol. The number of alkyl carbamates (subject to hydrolysis) is 1. The molecule has 0 saturated heterocycles. The minimum Gasteiger partial charge on any atom is -0.480 e. The first-order chi connectivity index (χ1) is 32.0. The van der Waals surface area contributed by atoms with Gasteiger partial charge in [-0.2, -0.15) is 0 Å². The van der Waals surface area contributed by atoms with E-state index in [4.69, 9.17) is 18.3 Å². The van der Waals surface area contributed by atoms with Gasteiger partial charge in [0.1, 0.15) is 34.5 Å². The highest BCUT2D eigenvalue weighted by molar-refractivity contribution is 7.49. The Kier molecular flexibility index (Phi) is 14.6. The van der Waals surface area contributed by atoms with Crippen molar-refractivity contribution in [1.29, 1.82) is 0 Å². The van der Waals surface area contributed by atoms with Crippen molar-refractivity contribution in [3.05, 3.63) is 211 Å². The predicted octanol–water partition coefficient (Wildman–Crippen LogP) is 9.53. The Hall–Kier alpha value is -6.34. The molecule has 1 unspecified atom stereocenters. The van der Waals surface area contributed by atoms with E-state index in [1.807, 2.05) is 109 Å². The summed E-state index contributed by atoms with van der Waals surface area (Å²) in [6, 6.07) is 64.1. The Bertz CT molecular complexity index is 2540. The second-order valence-corrected chi connectivity index (χ2v) is 27.3. The quantitative estimate of drug-likeness (QED) is 0.0574. The van der Waals surface area contributed by atoms with E-state index in [1.54, 1.807) is 24.3 Å². The van der Waals surface area contributed by atoms with Gasteiger partial charge in [-0.15, -0.1) is 0 Å². The summed E-state index contributed by atoms with van der Waals surface area (Å²) in [6.07, 6.45) is -0.855. The van der Waals surface area contributed by atoms with Gasteiger partial charge in [0.25, 0.3) is 0 Å². The van der Waals surface area contributed by atoms with Crippen LogP contribution in [0.15, 0.2) is 194 Å². The number of fused-ring (bicyclic) bond motifs is 3. The average Bonchev–Trinajstić information content (AvgIpc) is 3.68. The summed E-state index contributed by atoms with van der Waals surface area (Å²) >= 11 is 0. The zero-order valence-corrected chi connectivity index (χ0v) is 40.0. The van der Waals surface area contributed by atoms with Crippen LogP contribution < -0.4 is 30.6 Å². The summed E-state index contributed by atoms with van der Waals surface area (Å²) < 4.78 is 39.3. The molecule has 12 heteroatoms. The molecule has 7 aromatic rings. The van der Waals surface area contributed by atoms with Gasteiger partial charge in [-0.3, -0.25) is 9.05 Å². The number of carbonyl (C=O) groups is 2. The number of phosphoric ester groups is 1. The lowest BCUT2D eigenvalue weighted by molar-refractivity contribution is -0.139. The molecule has 2 N–H and O–H groups in total. The highest BCUT2D eigenvalue weighted by Gasteiger charge is 2.37. The van der Waals surface area contributed by atoms with Gasteiger partial charge in [-0.1, -0.05) is 216 Å². The highest BCUT2D eigenvalue weighted by atomic mass is 31.2. The number of carboxylic acids is 1. The van der Waals surface area contributed by atoms with Crippen molar-refractivity contribution in [2.75, 3.05) is 19.8 Å². The van der Waals surface area contributed by atoms with Crippen molar-refractivity contribution < 1.29 is 37.6 Å². The molecule has 1 aliphatic rings. The van der Waals surface area contributed by atoms with Gasteiger partial charge in [0.2, 0.25) is 0 Å². The number of benzene rings is 7. The van der Waals surface area contributed by atoms with Crippen LogP contribution in [0.25, 0.3) is 11.1 Å². The monoisotopic (exact) mass is 931 g/mol. The fourth-order valence-electron chi connectivity index (χ4n) is 8.98. The molecule has 0 aliphatic heterocycles. The number of hydrogen-bond acceptors (Lipinski definition) is 7. The van der Waals surface area contributed by atoms with Gasteiger partial charge in [-0.25, -0.2) is 14.2 Å². The summed E-state index contributed by atoms with van der Waals surface area (Å²) in [4.78, 5) is 25.5. The lowest BCUT2D eigenvalue weighted by Gasteiger charge is -2.30. The van der Waals surface area contributed by atoms with Crippen LogP contribution in [0.4, 0.5) is 4.79 Å². The number of amides is 1. The molecule has 0 heterocycles. The molecule has 9 nitrogen and oxygen atoms in total. The first-order valence-electron chi connectivity index (χ1n) is 22.3. The lowest BCUT2D eigenvalue weighted by Crippen LogP contribution is -2.56. The van der Waals surface area contributed by atoms with Gasteiger partial charge in [0.15, 0.2) is 0 Å². The molecule has 0 spiro atoms. The predicted molar refractivity (Wildman–Crippen MR) is 267 cm³/mol. The zero-order valence-electron chi connectivity index (χ0n) is 37.1. The third kappa shape index (κ3) is 10.7. The molecule has 8 rings (SSSR count). The van der Waals surface area contributed by atoms with Crippen LogP contribution in [0.5, 0.6) is 5.75 Å². The van der Waals surface area contributed by atoms with Crippen LogP contribution in [0.1, 0.15) is 22.6 Å². The maximum atomic E-state index is 14.9. The van der Waals surface area contributed by atoms with Gasteiger partial charge < -0.3 is 19.7 Å². The maximum absolute atomic E-state index is 14.9. The number of rotatable bonds is 20. The molecule has 336 valence electrons. The molecular weight excluding hydrogens is 878 g/mol. The van der Waals surface area contributed by atoms with E-state index in [9.17, 15) is 19.3 Å². The summed E-state index contributed by atoms with van der Waals surface area (Å²) in [5.74, 6) is -1.14. The largest absolute Gasteiger partial charge is 0.530 e. The molecule has 0 saturated carbocycles. The summed E-state index contributed by atoms with van der Waals surface area (Å²) in [5.41, 5.74) is 4.91. The first kappa shape index (κ1) is 46.2. The van der Waals surface area contributed by atoms with Gasteiger partial charge in [0.05, 0.1) is 13.2 Å². The molecule has 1 amide bonds. The fourth-order valence-corrected chi connectivity index (χ4v) is 17.1. The Morgan fingerprint density at radius 3 is 1.38 bits per heavy atom. The molecule has 1 atom stereocenters. The smallest absolute Gasteiger partial charge is 0.480 e. The van der Waals surface area contributed by atoms with E-state index < -0.39 is 42.1 Å². The van der Waals surface area contributed by atoms with E-state index in [0.717, 1.165) is 22.3 Å². The molecule has 0 fully saturated rings. The number of hydrogen-bond donors (Lipinski definition) is 2. The fraction of sp³-hybridized carbons (Fsp3) is 0.185. The molecule has 0 bridgehead atoms. The minimum absolute atomic E-state index is 0.0329. The Balaban J connectivity index is 0.962. The molecule has 0 radical (unpaired) electrons. The topological polar surface area (TPSA) is 120 Å². The standard InChI is InChI=1S/C54H54NO8PSi2/c1-65(43-19-7-3-8-20-43,44-21-9-4-10-22-44)37-35-61-64(59,62-36-38-66(2,45-23-11-5-12-24-45)46-25-13-6-14-26-46)63-42-33-31-41(32-34-42)39-52(53(56)57)55-54(58)60-40-51-49-29-17-15-27-47(49)48-28-16-18-30-50(48)51/h3-34,51-52H,35-40H2,1-2H3,(H,55,58)(H,56,57). The maximum Gasteiger partial charge on any atom is 0.530 e. The van der Waals surface area contributed by atoms with Crippen LogP contribution in [-0.2, 0) is 29.6 Å². The van der Waals surface area contributed by atoms with Gasteiger partial charge in [0, 0.05) is 12.3 Å². The number of aliphatic carboxylic acids is 1. The molecule has 7 aromatic carbocycles. The van der Waals surface area contributed by atoms with Crippen molar-refractivity contribution in [2.45, 2.75) is 43.6 Å². The second kappa shape index (κ2) is 20.9. The number of phosphoric acid groups is 1. The van der Waals surface area contributed by atoms with E-state index in [-0.39, 0.29) is 37.9 Å². The van der Waals surface area contributed by atoms with Gasteiger partial charge >= 0.3 is 19.9 Å². The van der Waals surface area contributed by atoms with E-state index >= 15 is 0 Å². The normalized spacial score (nSPS) is 13.0. The first-order valence-corrected chi connectivity index (χ1v) is 29.2. The molecule has 0 aromatic heterocycles. The Labute approximate surface area is 389 Å². The number of ether oxygens (including phenoxy) is 1. The van der Waals surface area contributed by atoms with Crippen LogP contribution >= 0.6 is 7.82 Å². The Morgan fingerprint density at radius 1 is 0.576 bits per heavy atom. The van der Waals surface area contributed by atoms with E-state index in [2.05, 4.69) is 79.1 Å². The third-order valence-corrected chi connectivity index (χ3v) is 23.1. The number of nitrogens with one attached hydrogen (secondary N) is 1. The Morgan fingerprint density at radius 2 is 0.970 bits per heavy atom. The van der Waals surface area contributed by atoms with Crippen LogP contribution in [0.3, 0.4) is 0 Å². The third-order valence-electron chi connectivity index (χ3n) is 12.9. The van der Waals surface area contributed by atoms with E-state index in [1.165, 1.54) is 20.7 Å². The van der Waals surface area contributed by atoms with Crippen LogP contribution in [0.2, 0.25) is 25.2 Å². The summed E-state index contributed by atoms with van der Waals surface area (Å²) in [5, 5.41) is 17.6. The molecule has 66 heavy (non-hydrogen) atoms. The zero-order chi connectivity index (χ0) is 46.0. The van der Waals surface area contributed by atoms with Crippen molar-refractivity contribution in [3.63, 3.8) is 0 Å². The van der Waals surface area contributed by atoms with Crippen molar-refractivity contribution in [1.82, 2.24) is 5.32 Å². The summed E-state index contributed by atoms with van der Waals surface area (Å²) in [6.45, 7) is 4.87. The highest BCUT2D eigenvalue weighted by Crippen LogP contribution is 2.50. The van der Waals surface area contributed by atoms with Crippen LogP contribution in [-0.4, -0.2) is 59.2 Å². The van der Waals surface area contributed by atoms with Gasteiger partial charge in [-0.05, 0) is 52.0 Å². The minimum atomic E-state index is -4.24. The van der Waals surface area contributed by atoms with E-state index in [0.29, 0.717) is 17.7 Å². The summed E-state index contributed by atoms with van der Waals surface area (Å²) in [7, 11) is -8.97. The second-order valence-electron chi connectivity index (χ2n) is 17.0. The van der Waals surface area contributed by atoms with Crippen LogP contribution in [0, 0.1) is 0 Å². The lowest BCUT2D eigenvalue weighted by atomic mass is 9.98. The number of carbonyl (C=O) groups excluding carboxylic acids is 1. The molecule has 1 aliphatic carbocycles. The van der Waals surface area contributed by atoms with Crippen molar-refractivity contribution in [3.8, 4) is 16.9 Å². The molecular formula is C54H54NO8PSi2. The SMILES string of the molecule is C[Si](CCOP(=O)(OCC[Si](C)(c1ccccc1)c1ccccc1)Oc1ccc(CC(NC(=O)OCC2c3ccccc3-c3ccccc32)C(=O)O)cc1)(c1ccccc1)c1ccccc1. The van der Waals surface area contributed by atoms with Crippen molar-refractivity contribution >= 4 is 56.8 Å².